The number of halogens is 1. The van der Waals surface area contributed by atoms with E-state index in [0.717, 1.165) is 54.1 Å². The molecule has 212 valence electrons. The molecule has 1 N–H and O–H groups in total. The molecule has 1 aliphatic rings. The summed E-state index contributed by atoms with van der Waals surface area (Å²) in [5.41, 5.74) is 2.87. The number of hydrogen-bond acceptors (Lipinski definition) is 8. The number of nitriles is 1. The lowest BCUT2D eigenvalue weighted by molar-refractivity contribution is 0.167. The number of aromatic nitrogens is 1. The summed E-state index contributed by atoms with van der Waals surface area (Å²) in [6.45, 7) is 2.82. The Morgan fingerprint density at radius 2 is 1.76 bits per heavy atom. The fourth-order valence-electron chi connectivity index (χ4n) is 5.06. The van der Waals surface area contributed by atoms with Crippen LogP contribution in [-0.2, 0) is 6.61 Å². The average molecular weight is 573 g/mol. The van der Waals surface area contributed by atoms with Gasteiger partial charge in [0.2, 0.25) is 17.5 Å². The Balaban J connectivity index is 1.33. The third-order valence-electron chi connectivity index (χ3n) is 7.27. The molecule has 1 fully saturated rings. The number of likely N-dealkylation sites (tertiary alicyclic amines) is 1. The molecule has 1 aliphatic heterocycles. The first kappa shape index (κ1) is 28.3. The van der Waals surface area contributed by atoms with Crippen molar-refractivity contribution >= 4 is 17.5 Å². The van der Waals surface area contributed by atoms with Crippen molar-refractivity contribution in [3.8, 4) is 34.8 Å². The minimum atomic E-state index is -0.0185. The van der Waals surface area contributed by atoms with Crippen molar-refractivity contribution in [2.24, 2.45) is 0 Å². The molecule has 0 bridgehead atoms. The number of rotatable bonds is 11. The van der Waals surface area contributed by atoms with Crippen molar-refractivity contribution in [3.05, 3.63) is 88.6 Å². The maximum atomic E-state index is 9.81. The van der Waals surface area contributed by atoms with Gasteiger partial charge >= 0.3 is 0 Å². The molecule has 0 saturated carbocycles. The van der Waals surface area contributed by atoms with E-state index in [1.54, 1.807) is 14.2 Å². The molecule has 1 atom stereocenters. The maximum absolute atomic E-state index is 9.81. The molecule has 0 spiro atoms. The summed E-state index contributed by atoms with van der Waals surface area (Å²) < 4.78 is 23.2. The van der Waals surface area contributed by atoms with Crippen molar-refractivity contribution in [1.82, 2.24) is 9.88 Å². The molecule has 41 heavy (non-hydrogen) atoms. The second kappa shape index (κ2) is 13.4. The second-order valence-electron chi connectivity index (χ2n) is 9.81. The molecular weight excluding hydrogens is 540 g/mol. The number of piperidine rings is 1. The van der Waals surface area contributed by atoms with Gasteiger partial charge in [-0.1, -0.05) is 36.2 Å². The van der Waals surface area contributed by atoms with Gasteiger partial charge in [-0.2, -0.15) is 10.2 Å². The highest BCUT2D eigenvalue weighted by molar-refractivity contribution is 6.31. The van der Waals surface area contributed by atoms with E-state index in [9.17, 15) is 5.26 Å². The van der Waals surface area contributed by atoms with E-state index in [1.807, 2.05) is 66.7 Å². The second-order valence-corrected chi connectivity index (χ2v) is 10.2. The van der Waals surface area contributed by atoms with Crippen LogP contribution in [0.15, 0.2) is 71.1 Å². The minimum absolute atomic E-state index is 0.0185. The Labute approximate surface area is 245 Å². The zero-order valence-corrected chi connectivity index (χ0v) is 24.0. The highest BCUT2D eigenvalue weighted by Gasteiger charge is 2.27. The van der Waals surface area contributed by atoms with Gasteiger partial charge in [-0.25, -0.2) is 0 Å². The van der Waals surface area contributed by atoms with Crippen molar-refractivity contribution in [2.45, 2.75) is 31.9 Å². The highest BCUT2D eigenvalue weighted by atomic mass is 35.5. The van der Waals surface area contributed by atoms with Crippen molar-refractivity contribution < 1.29 is 18.6 Å². The number of nitrogens with zero attached hydrogens (tertiary/aromatic N) is 3. The van der Waals surface area contributed by atoms with Gasteiger partial charge in [0.25, 0.3) is 0 Å². The first-order chi connectivity index (χ1) is 20.1. The van der Waals surface area contributed by atoms with Crippen LogP contribution in [0.3, 0.4) is 0 Å². The van der Waals surface area contributed by atoms with E-state index in [4.69, 9.17) is 30.2 Å². The van der Waals surface area contributed by atoms with Crippen LogP contribution in [0.2, 0.25) is 5.02 Å². The molecule has 0 aliphatic carbocycles. The Morgan fingerprint density at radius 3 is 2.46 bits per heavy atom. The van der Waals surface area contributed by atoms with Gasteiger partial charge in [-0.05, 0) is 74.5 Å². The normalized spacial score (nSPS) is 14.2. The number of oxazole rings is 1. The lowest BCUT2D eigenvalue weighted by atomic mass is 10.00. The summed E-state index contributed by atoms with van der Waals surface area (Å²) in [4.78, 5) is 6.89. The summed E-state index contributed by atoms with van der Waals surface area (Å²) in [6, 6.07) is 23.0. The van der Waals surface area contributed by atoms with Gasteiger partial charge in [0.1, 0.15) is 29.9 Å². The molecule has 0 radical (unpaired) electrons. The first-order valence-corrected chi connectivity index (χ1v) is 14.0. The van der Waals surface area contributed by atoms with Crippen molar-refractivity contribution in [3.63, 3.8) is 0 Å². The predicted molar refractivity (Wildman–Crippen MR) is 159 cm³/mol. The van der Waals surface area contributed by atoms with Crippen LogP contribution in [-0.4, -0.2) is 43.7 Å². The van der Waals surface area contributed by atoms with Crippen LogP contribution >= 0.6 is 11.6 Å². The number of ether oxygens (including phenoxy) is 3. The van der Waals surface area contributed by atoms with Gasteiger partial charge < -0.3 is 23.9 Å². The van der Waals surface area contributed by atoms with Crippen LogP contribution in [0.1, 0.15) is 42.1 Å². The predicted octanol–water partition coefficient (Wildman–Crippen LogP) is 7.10. The van der Waals surface area contributed by atoms with E-state index in [0.29, 0.717) is 35.7 Å². The fraction of sp³-hybridized carbons (Fsp3) is 0.312. The molecule has 1 aromatic heterocycles. The number of methoxy groups -OCH3 is 2. The van der Waals surface area contributed by atoms with Crippen molar-refractivity contribution in [2.75, 3.05) is 39.2 Å². The molecule has 2 heterocycles. The zero-order valence-electron chi connectivity index (χ0n) is 23.2. The van der Waals surface area contributed by atoms with Crippen LogP contribution in [0.4, 0.5) is 5.88 Å². The fourth-order valence-corrected chi connectivity index (χ4v) is 5.25. The molecule has 9 heteroatoms. The molecule has 4 aromatic rings. The van der Waals surface area contributed by atoms with Crippen LogP contribution in [0, 0.1) is 11.3 Å². The Morgan fingerprint density at radius 1 is 1.00 bits per heavy atom. The standard InChI is InChI=1S/C32H33ClN4O4/c1-38-25-14-15-30(39-2)26(18-25)29(37-16-6-3-7-17-37)20-35-32-28(19-34)36-31(41-32)22-10-12-24(13-11-22)40-21-23-8-4-5-9-27(23)33/h4-5,8-15,18,29,35H,3,6-7,16-17,20-21H2,1-2H3. The smallest absolute Gasteiger partial charge is 0.232 e. The monoisotopic (exact) mass is 572 g/mol. The number of benzene rings is 3. The molecule has 5 rings (SSSR count). The lowest BCUT2D eigenvalue weighted by Gasteiger charge is -2.35. The molecule has 0 amide bonds. The summed E-state index contributed by atoms with van der Waals surface area (Å²) in [7, 11) is 3.34. The first-order valence-electron chi connectivity index (χ1n) is 13.7. The SMILES string of the molecule is COc1ccc(OC)c(C(CNc2oc(-c3ccc(OCc4ccccc4Cl)cc3)nc2C#N)N2CCCCC2)c1. The summed E-state index contributed by atoms with van der Waals surface area (Å²) in [5.74, 6) is 2.94. The Bertz CT molecular complexity index is 1490. The van der Waals surface area contributed by atoms with E-state index in [2.05, 4.69) is 21.3 Å². The molecule has 3 aromatic carbocycles. The van der Waals surface area contributed by atoms with Crippen LogP contribution in [0.25, 0.3) is 11.5 Å². The molecule has 8 nitrogen and oxygen atoms in total. The zero-order chi connectivity index (χ0) is 28.6. The molecule has 1 unspecified atom stereocenters. The van der Waals surface area contributed by atoms with Crippen molar-refractivity contribution in [1.29, 1.82) is 5.26 Å². The van der Waals surface area contributed by atoms with Crippen LogP contribution in [0.5, 0.6) is 17.2 Å². The van der Waals surface area contributed by atoms with Gasteiger partial charge in [-0.15, -0.1) is 0 Å². The number of nitrogens with one attached hydrogen (secondary N) is 1. The Hall–Kier alpha value is -4.19. The number of hydrogen-bond donors (Lipinski definition) is 1. The lowest BCUT2D eigenvalue weighted by Crippen LogP contribution is -2.37. The quantitative estimate of drug-likeness (QED) is 0.203. The third kappa shape index (κ3) is 6.76. The van der Waals surface area contributed by atoms with Crippen LogP contribution < -0.4 is 19.5 Å². The van der Waals surface area contributed by atoms with Gasteiger partial charge in [0, 0.05) is 28.3 Å². The Kier molecular flexibility index (Phi) is 9.29. The summed E-state index contributed by atoms with van der Waals surface area (Å²) >= 11 is 6.23. The maximum Gasteiger partial charge on any atom is 0.232 e. The largest absolute Gasteiger partial charge is 0.497 e. The van der Waals surface area contributed by atoms with E-state index in [1.165, 1.54) is 6.42 Å². The average Bonchev–Trinajstić information content (AvgIpc) is 3.44. The molecule has 1 saturated heterocycles. The van der Waals surface area contributed by atoms with Gasteiger partial charge in [0.15, 0.2) is 0 Å². The highest BCUT2D eigenvalue weighted by Crippen LogP contribution is 2.35. The van der Waals surface area contributed by atoms with E-state index in [-0.39, 0.29) is 11.7 Å². The summed E-state index contributed by atoms with van der Waals surface area (Å²) in [5, 5.41) is 13.8. The van der Waals surface area contributed by atoms with Gasteiger partial charge in [0.05, 0.1) is 20.3 Å². The third-order valence-corrected chi connectivity index (χ3v) is 7.64. The van der Waals surface area contributed by atoms with Gasteiger partial charge in [-0.3, -0.25) is 4.90 Å². The summed E-state index contributed by atoms with van der Waals surface area (Å²) in [6.07, 6.45) is 3.49. The molecular formula is C32H33ClN4O4. The topological polar surface area (TPSA) is 92.8 Å². The van der Waals surface area contributed by atoms with E-state index < -0.39 is 0 Å². The van der Waals surface area contributed by atoms with E-state index >= 15 is 0 Å². The number of anilines is 1. The minimum Gasteiger partial charge on any atom is -0.497 e.